The van der Waals surface area contributed by atoms with E-state index in [1.165, 1.54) is 0 Å². The van der Waals surface area contributed by atoms with Gasteiger partial charge in [-0.05, 0) is 24.3 Å². The number of hydrogen-bond donors (Lipinski definition) is 0. The summed E-state index contributed by atoms with van der Waals surface area (Å²) in [7, 11) is 2.07. The Morgan fingerprint density at radius 3 is 1.58 bits per heavy atom. The van der Waals surface area contributed by atoms with Crippen molar-refractivity contribution in [2.45, 2.75) is 0 Å². The van der Waals surface area contributed by atoms with Crippen LogP contribution in [0.25, 0.3) is 0 Å². The summed E-state index contributed by atoms with van der Waals surface area (Å²) in [6.45, 7) is 0. The fourth-order valence-corrected chi connectivity index (χ4v) is 2.09. The molecule has 0 heterocycles. The molecule has 0 aliphatic heterocycles. The molecule has 1 aromatic carbocycles. The molecule has 0 radical (unpaired) electrons. The van der Waals surface area contributed by atoms with Gasteiger partial charge in [0, 0.05) is 18.4 Å². The Kier molecular flexibility index (Phi) is 7.66. The van der Waals surface area contributed by atoms with Crippen molar-refractivity contribution in [3.63, 3.8) is 0 Å². The molecule has 0 atom stereocenters. The summed E-state index contributed by atoms with van der Waals surface area (Å²) in [6.07, 6.45) is 22.4. The van der Waals surface area contributed by atoms with Crippen LogP contribution in [0.3, 0.4) is 0 Å². The molecule has 2 rings (SSSR count). The largest absolute Gasteiger partial charge is 0.345 e. The van der Waals surface area contributed by atoms with Crippen LogP contribution in [-0.4, -0.2) is 7.05 Å². The maximum absolute atomic E-state index is 2.17. The molecular weight excluding hydrogens is 290 g/mol. The Labute approximate surface area is 145 Å². The highest BCUT2D eigenvalue weighted by Gasteiger charge is 2.01. The lowest BCUT2D eigenvalue weighted by Crippen LogP contribution is -2.14. The van der Waals surface area contributed by atoms with Crippen molar-refractivity contribution < 1.29 is 0 Å². The van der Waals surface area contributed by atoms with Gasteiger partial charge in [0.05, 0.1) is 0 Å². The van der Waals surface area contributed by atoms with Gasteiger partial charge in [-0.1, -0.05) is 97.1 Å². The van der Waals surface area contributed by atoms with E-state index < -0.39 is 0 Å². The third-order valence-electron chi connectivity index (χ3n) is 3.40. The second kappa shape index (κ2) is 10.6. The predicted octanol–water partition coefficient (Wildman–Crippen LogP) is 5.93. The van der Waals surface area contributed by atoms with Gasteiger partial charge < -0.3 is 4.90 Å². The summed E-state index contributed by atoms with van der Waals surface area (Å²) in [5.74, 6) is 0. The van der Waals surface area contributed by atoms with Gasteiger partial charge in [-0.2, -0.15) is 0 Å². The molecule has 1 heteroatoms. The molecule has 1 aliphatic carbocycles. The van der Waals surface area contributed by atoms with E-state index in [4.69, 9.17) is 0 Å². The number of rotatable bonds is 2. The van der Waals surface area contributed by atoms with Crippen LogP contribution in [0.1, 0.15) is 0 Å². The monoisotopic (exact) mass is 313 g/mol. The van der Waals surface area contributed by atoms with Crippen LogP contribution in [0.15, 0.2) is 127 Å². The molecule has 0 N–H and O–H groups in total. The van der Waals surface area contributed by atoms with Gasteiger partial charge in [0.1, 0.15) is 0 Å². The first-order valence-electron chi connectivity index (χ1n) is 8.05. The van der Waals surface area contributed by atoms with Crippen molar-refractivity contribution in [1.29, 1.82) is 0 Å². The molecule has 0 fully saturated rings. The maximum atomic E-state index is 2.17. The smallest absolute Gasteiger partial charge is 0.0408 e. The van der Waals surface area contributed by atoms with Crippen molar-refractivity contribution in [3.05, 3.63) is 127 Å². The van der Waals surface area contributed by atoms with E-state index in [1.54, 1.807) is 0 Å². The minimum Gasteiger partial charge on any atom is -0.345 e. The van der Waals surface area contributed by atoms with Crippen molar-refractivity contribution >= 4 is 5.69 Å². The Morgan fingerprint density at radius 2 is 1.00 bits per heavy atom. The van der Waals surface area contributed by atoms with E-state index >= 15 is 0 Å². The third kappa shape index (κ3) is 6.37. The average Bonchev–Trinajstić information content (AvgIpc) is 2.59. The van der Waals surface area contributed by atoms with Gasteiger partial charge in [0.25, 0.3) is 0 Å². The number of likely N-dealkylation sites (N-methyl/N-ethyl adjacent to an activating group) is 1. The first kappa shape index (κ1) is 17.3. The zero-order valence-electron chi connectivity index (χ0n) is 14.0. The number of nitrogens with zero attached hydrogens (tertiary/aromatic N) is 1. The molecule has 0 bridgehead atoms. The fourth-order valence-electron chi connectivity index (χ4n) is 2.09. The molecule has 0 aromatic heterocycles. The lowest BCUT2D eigenvalue weighted by molar-refractivity contribution is 1.14. The van der Waals surface area contributed by atoms with E-state index in [1.807, 2.05) is 72.9 Å². The van der Waals surface area contributed by atoms with Crippen LogP contribution in [0.2, 0.25) is 0 Å². The highest BCUT2D eigenvalue weighted by Crippen LogP contribution is 2.16. The Balaban J connectivity index is 2.36. The van der Waals surface area contributed by atoms with E-state index in [9.17, 15) is 0 Å². The number of anilines is 1. The van der Waals surface area contributed by atoms with Crippen LogP contribution in [0.4, 0.5) is 5.69 Å². The zero-order chi connectivity index (χ0) is 16.9. The van der Waals surface area contributed by atoms with Gasteiger partial charge >= 0.3 is 0 Å². The lowest BCUT2D eigenvalue weighted by Gasteiger charge is -2.19. The molecule has 24 heavy (non-hydrogen) atoms. The summed E-state index contributed by atoms with van der Waals surface area (Å²) < 4.78 is 0. The molecule has 120 valence electrons. The molecule has 1 aliphatic rings. The predicted molar refractivity (Wildman–Crippen MR) is 106 cm³/mol. The molecule has 1 nitrogen and oxygen atoms in total. The SMILES string of the molecule is CN(C1=C/C=C\C=C/C=C\C=C/C=C\1)c1ccccccccc1. The Hall–Kier alpha value is -3.06. The number of allylic oxidation sites excluding steroid dienone is 11. The first-order valence-corrected chi connectivity index (χ1v) is 8.05. The summed E-state index contributed by atoms with van der Waals surface area (Å²) in [5.41, 5.74) is 2.22. The van der Waals surface area contributed by atoms with E-state index in [0.29, 0.717) is 0 Å². The molecule has 0 amide bonds. The Bertz CT molecular complexity index is 719. The number of hydrogen-bond acceptors (Lipinski definition) is 1. The minimum absolute atomic E-state index is 1.11. The van der Waals surface area contributed by atoms with Gasteiger partial charge in [-0.3, -0.25) is 0 Å². The quantitative estimate of drug-likeness (QED) is 0.654. The van der Waals surface area contributed by atoms with Crippen molar-refractivity contribution in [2.24, 2.45) is 0 Å². The van der Waals surface area contributed by atoms with E-state index in [0.717, 1.165) is 11.4 Å². The van der Waals surface area contributed by atoms with Gasteiger partial charge in [-0.25, -0.2) is 0 Å². The summed E-state index contributed by atoms with van der Waals surface area (Å²) >= 11 is 0. The van der Waals surface area contributed by atoms with Crippen LogP contribution in [0, 0.1) is 0 Å². The van der Waals surface area contributed by atoms with Crippen LogP contribution >= 0.6 is 0 Å². The molecule has 0 saturated heterocycles. The average molecular weight is 313 g/mol. The molecule has 1 aromatic rings. The fraction of sp³-hybridized carbons (Fsp3) is 0.0435. The second-order valence-electron chi connectivity index (χ2n) is 5.15. The van der Waals surface area contributed by atoms with Crippen molar-refractivity contribution in [2.75, 3.05) is 11.9 Å². The van der Waals surface area contributed by atoms with Crippen LogP contribution < -0.4 is 4.90 Å². The summed E-state index contributed by atoms with van der Waals surface area (Å²) in [5, 5.41) is 0. The highest BCUT2D eigenvalue weighted by molar-refractivity contribution is 5.53. The van der Waals surface area contributed by atoms with Crippen LogP contribution in [-0.2, 0) is 0 Å². The van der Waals surface area contributed by atoms with Gasteiger partial charge in [-0.15, -0.1) is 0 Å². The normalized spacial score (nSPS) is 22.3. The molecular formula is C23H23N. The van der Waals surface area contributed by atoms with Crippen LogP contribution in [0.5, 0.6) is 0 Å². The standard InChI is InChI=1S/C23H23N/c1-24(23-20-16-12-8-5-9-13-17-21-23)22-18-14-10-6-3-2-4-7-11-15-19-22/h2-21H,1H3/b3-2-,4-2?,6-3?,7-4-,8-5?,9-5?,10-6-,11-7?,12-8?,13-9?,14-10?,15-11-,16-12?,17-13?,18-14-,19-15?,20-16?,21-17?,22-18?,22-19+,23-20?,23-21?. The van der Waals surface area contributed by atoms with Gasteiger partial charge in [0.15, 0.2) is 0 Å². The van der Waals surface area contributed by atoms with E-state index in [-0.39, 0.29) is 0 Å². The van der Waals surface area contributed by atoms with E-state index in [2.05, 4.69) is 60.5 Å². The first-order chi connectivity index (χ1) is 11.9. The molecule has 0 unspecified atom stereocenters. The minimum atomic E-state index is 1.11. The molecule has 0 saturated carbocycles. The second-order valence-corrected chi connectivity index (χ2v) is 5.15. The summed E-state index contributed by atoms with van der Waals surface area (Å²) in [6, 6.07) is 18.4. The zero-order valence-corrected chi connectivity index (χ0v) is 14.0. The topological polar surface area (TPSA) is 3.24 Å². The Morgan fingerprint density at radius 1 is 0.542 bits per heavy atom. The highest BCUT2D eigenvalue weighted by atomic mass is 15.1. The maximum Gasteiger partial charge on any atom is 0.0408 e. The van der Waals surface area contributed by atoms with Gasteiger partial charge in [0.2, 0.25) is 0 Å². The third-order valence-corrected chi connectivity index (χ3v) is 3.40. The lowest BCUT2D eigenvalue weighted by atomic mass is 10.2. The summed E-state index contributed by atoms with van der Waals surface area (Å²) in [4.78, 5) is 2.17. The van der Waals surface area contributed by atoms with Crippen molar-refractivity contribution in [3.8, 4) is 0 Å². The van der Waals surface area contributed by atoms with Crippen molar-refractivity contribution in [1.82, 2.24) is 0 Å². The molecule has 0 spiro atoms.